The fourth-order valence-electron chi connectivity index (χ4n) is 2.15. The van der Waals surface area contributed by atoms with Crippen molar-refractivity contribution in [2.75, 3.05) is 6.61 Å². The molecule has 4 atom stereocenters. The topological polar surface area (TPSA) is 32.3 Å². The van der Waals surface area contributed by atoms with E-state index in [0.717, 1.165) is 11.8 Å². The summed E-state index contributed by atoms with van der Waals surface area (Å²) in [5, 5.41) is 12.4. The molecule has 0 aromatic rings. The molecular weight excluding hydrogens is 162 g/mol. The van der Waals surface area contributed by atoms with Gasteiger partial charge in [0.25, 0.3) is 0 Å². The maximum atomic E-state index is 8.92. The number of hydrogen-bond acceptors (Lipinski definition) is 2. The van der Waals surface area contributed by atoms with E-state index >= 15 is 0 Å². The lowest BCUT2D eigenvalue weighted by Crippen LogP contribution is -2.42. The van der Waals surface area contributed by atoms with Gasteiger partial charge in [0.15, 0.2) is 0 Å². The molecule has 1 saturated carbocycles. The molecule has 1 aliphatic carbocycles. The Labute approximate surface area is 81.7 Å². The molecule has 0 heterocycles. The summed E-state index contributed by atoms with van der Waals surface area (Å²) in [6, 6.07) is 0.888. The highest BCUT2D eigenvalue weighted by Crippen LogP contribution is 2.29. The summed E-state index contributed by atoms with van der Waals surface area (Å²) >= 11 is 0. The molecule has 2 heteroatoms. The Kier molecular flexibility index (Phi) is 4.20. The lowest BCUT2D eigenvalue weighted by atomic mass is 9.79. The van der Waals surface area contributed by atoms with Gasteiger partial charge in [-0.3, -0.25) is 0 Å². The molecule has 2 N–H and O–H groups in total. The van der Waals surface area contributed by atoms with Crippen molar-refractivity contribution in [1.82, 2.24) is 5.32 Å². The SMILES string of the molecule is C[C@@H]1CC[C@@H](N[C@@H](C)CO)C[C@@H]1C. The number of aliphatic hydroxyl groups is 1. The molecule has 0 amide bonds. The standard InChI is InChI=1S/C11H23NO/c1-8-4-5-11(6-9(8)2)12-10(3)7-13/h8-13H,4-7H2,1-3H3/t8-,9+,10+,11-/m1/s1. The fourth-order valence-corrected chi connectivity index (χ4v) is 2.15. The molecule has 2 nitrogen and oxygen atoms in total. The summed E-state index contributed by atoms with van der Waals surface area (Å²) in [6.07, 6.45) is 3.87. The van der Waals surface area contributed by atoms with Crippen molar-refractivity contribution in [2.24, 2.45) is 11.8 Å². The summed E-state index contributed by atoms with van der Waals surface area (Å²) in [4.78, 5) is 0. The van der Waals surface area contributed by atoms with Gasteiger partial charge in [-0.2, -0.15) is 0 Å². The van der Waals surface area contributed by atoms with Crippen LogP contribution in [0.1, 0.15) is 40.0 Å². The summed E-state index contributed by atoms with van der Waals surface area (Å²) < 4.78 is 0. The van der Waals surface area contributed by atoms with Crippen LogP contribution < -0.4 is 5.32 Å². The van der Waals surface area contributed by atoms with Gasteiger partial charge in [0.05, 0.1) is 6.61 Å². The third-order valence-electron chi connectivity index (χ3n) is 3.39. The second-order valence-electron chi connectivity index (χ2n) is 4.71. The highest BCUT2D eigenvalue weighted by Gasteiger charge is 2.24. The van der Waals surface area contributed by atoms with Gasteiger partial charge in [-0.05, 0) is 38.0 Å². The van der Waals surface area contributed by atoms with Crippen molar-refractivity contribution < 1.29 is 5.11 Å². The Morgan fingerprint density at radius 3 is 2.54 bits per heavy atom. The predicted octanol–water partition coefficient (Wildman–Crippen LogP) is 1.78. The first-order chi connectivity index (χ1) is 6.13. The van der Waals surface area contributed by atoms with E-state index in [1.807, 2.05) is 6.92 Å². The zero-order valence-electron chi connectivity index (χ0n) is 9.09. The molecule has 0 radical (unpaired) electrons. The molecule has 13 heavy (non-hydrogen) atoms. The average molecular weight is 185 g/mol. The average Bonchev–Trinajstić information content (AvgIpc) is 2.11. The Hall–Kier alpha value is -0.0800. The summed E-state index contributed by atoms with van der Waals surface area (Å²) in [5.41, 5.74) is 0. The minimum Gasteiger partial charge on any atom is -0.395 e. The minimum atomic E-state index is 0.250. The number of rotatable bonds is 3. The molecular formula is C11H23NO. The van der Waals surface area contributed by atoms with Gasteiger partial charge in [-0.15, -0.1) is 0 Å². The van der Waals surface area contributed by atoms with Crippen LogP contribution in [0.2, 0.25) is 0 Å². The van der Waals surface area contributed by atoms with Gasteiger partial charge in [0.1, 0.15) is 0 Å². The molecule has 1 rings (SSSR count). The minimum absolute atomic E-state index is 0.250. The van der Waals surface area contributed by atoms with Crippen LogP contribution in [-0.2, 0) is 0 Å². The monoisotopic (exact) mass is 185 g/mol. The maximum Gasteiger partial charge on any atom is 0.0582 e. The van der Waals surface area contributed by atoms with Gasteiger partial charge in [0.2, 0.25) is 0 Å². The highest BCUT2D eigenvalue weighted by molar-refractivity contribution is 4.81. The van der Waals surface area contributed by atoms with Gasteiger partial charge in [-0.25, -0.2) is 0 Å². The maximum absolute atomic E-state index is 8.92. The Bertz CT molecular complexity index is 147. The van der Waals surface area contributed by atoms with E-state index in [0.29, 0.717) is 6.04 Å². The largest absolute Gasteiger partial charge is 0.395 e. The van der Waals surface area contributed by atoms with Gasteiger partial charge in [0, 0.05) is 12.1 Å². The van der Waals surface area contributed by atoms with E-state index in [9.17, 15) is 0 Å². The second-order valence-corrected chi connectivity index (χ2v) is 4.71. The van der Waals surface area contributed by atoms with Crippen LogP contribution in [0.5, 0.6) is 0 Å². The molecule has 0 aromatic carbocycles. The van der Waals surface area contributed by atoms with Crippen LogP contribution in [0.4, 0.5) is 0 Å². The first-order valence-electron chi connectivity index (χ1n) is 5.50. The summed E-state index contributed by atoms with van der Waals surface area (Å²) in [7, 11) is 0. The quantitative estimate of drug-likeness (QED) is 0.702. The zero-order valence-corrected chi connectivity index (χ0v) is 9.09. The molecule has 0 aliphatic heterocycles. The van der Waals surface area contributed by atoms with Crippen LogP contribution in [0, 0.1) is 11.8 Å². The third kappa shape index (κ3) is 3.28. The molecule has 1 fully saturated rings. The van der Waals surface area contributed by atoms with E-state index in [1.54, 1.807) is 0 Å². The van der Waals surface area contributed by atoms with Crippen molar-refractivity contribution in [2.45, 2.75) is 52.1 Å². The lowest BCUT2D eigenvalue weighted by molar-refractivity contribution is 0.188. The van der Waals surface area contributed by atoms with Crippen LogP contribution in [0.15, 0.2) is 0 Å². The van der Waals surface area contributed by atoms with Crippen molar-refractivity contribution in [3.05, 3.63) is 0 Å². The van der Waals surface area contributed by atoms with Crippen LogP contribution in [0.3, 0.4) is 0 Å². The van der Waals surface area contributed by atoms with Crippen molar-refractivity contribution in [3.8, 4) is 0 Å². The Morgan fingerprint density at radius 1 is 1.31 bits per heavy atom. The van der Waals surface area contributed by atoms with Gasteiger partial charge in [-0.1, -0.05) is 13.8 Å². The van der Waals surface area contributed by atoms with E-state index in [4.69, 9.17) is 5.11 Å². The van der Waals surface area contributed by atoms with E-state index in [-0.39, 0.29) is 12.6 Å². The molecule has 0 saturated heterocycles. The third-order valence-corrected chi connectivity index (χ3v) is 3.39. The highest BCUT2D eigenvalue weighted by atomic mass is 16.3. The first-order valence-corrected chi connectivity index (χ1v) is 5.50. The Morgan fingerprint density at radius 2 is 2.00 bits per heavy atom. The summed E-state index contributed by atoms with van der Waals surface area (Å²) in [6.45, 7) is 6.97. The van der Waals surface area contributed by atoms with Gasteiger partial charge < -0.3 is 10.4 Å². The Balaban J connectivity index is 2.29. The van der Waals surface area contributed by atoms with Crippen molar-refractivity contribution in [1.29, 1.82) is 0 Å². The lowest BCUT2D eigenvalue weighted by Gasteiger charge is -2.34. The van der Waals surface area contributed by atoms with Crippen LogP contribution in [-0.4, -0.2) is 23.8 Å². The van der Waals surface area contributed by atoms with E-state index < -0.39 is 0 Å². The normalized spacial score (nSPS) is 37.4. The smallest absolute Gasteiger partial charge is 0.0582 e. The van der Waals surface area contributed by atoms with E-state index in [2.05, 4.69) is 19.2 Å². The molecule has 0 spiro atoms. The predicted molar refractivity (Wildman–Crippen MR) is 55.7 cm³/mol. The van der Waals surface area contributed by atoms with E-state index in [1.165, 1.54) is 19.3 Å². The second kappa shape index (κ2) is 4.97. The molecule has 0 bridgehead atoms. The molecule has 0 aromatic heterocycles. The number of nitrogens with one attached hydrogen (secondary N) is 1. The molecule has 0 unspecified atom stereocenters. The summed E-state index contributed by atoms with van der Waals surface area (Å²) in [5.74, 6) is 1.71. The molecule has 1 aliphatic rings. The van der Waals surface area contributed by atoms with Crippen molar-refractivity contribution in [3.63, 3.8) is 0 Å². The van der Waals surface area contributed by atoms with Gasteiger partial charge >= 0.3 is 0 Å². The number of aliphatic hydroxyl groups excluding tert-OH is 1. The van der Waals surface area contributed by atoms with Crippen LogP contribution in [0.25, 0.3) is 0 Å². The number of hydrogen-bond donors (Lipinski definition) is 2. The molecule has 78 valence electrons. The fraction of sp³-hybridized carbons (Fsp3) is 1.00. The zero-order chi connectivity index (χ0) is 9.84. The van der Waals surface area contributed by atoms with Crippen molar-refractivity contribution >= 4 is 0 Å². The first kappa shape index (κ1) is 11.0. The van der Waals surface area contributed by atoms with Crippen LogP contribution >= 0.6 is 0 Å².